The molecule has 7 heteroatoms. The molecule has 0 fully saturated rings. The number of anilines is 1. The van der Waals surface area contributed by atoms with Crippen LogP contribution in [-0.2, 0) is 16.6 Å². The first kappa shape index (κ1) is 14.3. The molecule has 1 aliphatic heterocycles. The van der Waals surface area contributed by atoms with Crippen LogP contribution in [0.1, 0.15) is 5.56 Å². The van der Waals surface area contributed by atoms with Gasteiger partial charge in [0.2, 0.25) is 0 Å². The lowest BCUT2D eigenvalue weighted by Gasteiger charge is -2.28. The minimum atomic E-state index is -3.82. The molecule has 5 nitrogen and oxygen atoms in total. The summed E-state index contributed by atoms with van der Waals surface area (Å²) in [5.41, 5.74) is 1.08. The van der Waals surface area contributed by atoms with Crippen molar-refractivity contribution in [3.05, 3.63) is 57.7 Å². The Kier molecular flexibility index (Phi) is 3.62. The van der Waals surface area contributed by atoms with Gasteiger partial charge in [0.25, 0.3) is 10.0 Å². The second-order valence-corrected chi connectivity index (χ2v) is 7.64. The van der Waals surface area contributed by atoms with Crippen molar-refractivity contribution < 1.29 is 13.2 Å². The van der Waals surface area contributed by atoms with Crippen molar-refractivity contribution in [2.75, 3.05) is 5.32 Å². The van der Waals surface area contributed by atoms with Crippen molar-refractivity contribution in [2.45, 2.75) is 11.4 Å². The van der Waals surface area contributed by atoms with E-state index in [1.165, 1.54) is 6.07 Å². The van der Waals surface area contributed by atoms with Gasteiger partial charge in [0.15, 0.2) is 0 Å². The smallest absolute Gasteiger partial charge is 0.306 e. The summed E-state index contributed by atoms with van der Waals surface area (Å²) >= 11 is 2.15. The Hall–Kier alpha value is -1.61. The van der Waals surface area contributed by atoms with E-state index in [1.54, 1.807) is 24.3 Å². The minimum absolute atomic E-state index is 0.0132. The van der Waals surface area contributed by atoms with Crippen LogP contribution in [0.15, 0.2) is 53.4 Å². The Labute approximate surface area is 136 Å². The number of carbonyl (C=O) groups excluding carboxylic acids is 1. The summed E-state index contributed by atoms with van der Waals surface area (Å²) in [6, 6.07) is 13.1. The number of nitrogens with zero attached hydrogens (tertiary/aromatic N) is 1. The lowest BCUT2D eigenvalue weighted by atomic mass is 10.2. The second kappa shape index (κ2) is 5.30. The molecule has 1 N–H and O–H groups in total. The SMILES string of the molecule is O=C1Nc2ccccc2S(=O)(=O)N1Cc1cccc(I)c1. The lowest BCUT2D eigenvalue weighted by Crippen LogP contribution is -2.43. The number of sulfonamides is 1. The van der Waals surface area contributed by atoms with Crippen LogP contribution in [0.2, 0.25) is 0 Å². The van der Waals surface area contributed by atoms with E-state index in [1.807, 2.05) is 18.2 Å². The molecule has 2 aromatic carbocycles. The van der Waals surface area contributed by atoms with Gasteiger partial charge in [-0.1, -0.05) is 24.3 Å². The van der Waals surface area contributed by atoms with E-state index in [-0.39, 0.29) is 11.4 Å². The summed E-state index contributed by atoms with van der Waals surface area (Å²) in [5.74, 6) is 0. The Balaban J connectivity index is 2.02. The third-order valence-electron chi connectivity index (χ3n) is 3.14. The highest BCUT2D eigenvalue weighted by Crippen LogP contribution is 2.30. The number of halogens is 1. The summed E-state index contributed by atoms with van der Waals surface area (Å²) in [6.45, 7) is 0.0132. The molecule has 0 unspecified atom stereocenters. The summed E-state index contributed by atoms with van der Waals surface area (Å²) in [5, 5.41) is 2.61. The van der Waals surface area contributed by atoms with Crippen molar-refractivity contribution in [2.24, 2.45) is 0 Å². The Bertz CT molecular complexity index is 820. The molecule has 0 aromatic heterocycles. The highest BCUT2D eigenvalue weighted by Gasteiger charge is 2.36. The molecule has 0 bridgehead atoms. The second-order valence-electron chi connectivity index (χ2n) is 4.57. The topological polar surface area (TPSA) is 66.5 Å². The maximum Gasteiger partial charge on any atom is 0.336 e. The molecule has 108 valence electrons. The number of benzene rings is 2. The molecule has 0 atom stereocenters. The molecule has 0 radical (unpaired) electrons. The van der Waals surface area contributed by atoms with Gasteiger partial charge >= 0.3 is 6.03 Å². The standard InChI is InChI=1S/C14H11IN2O3S/c15-11-5-3-4-10(8-11)9-17-14(18)16-12-6-1-2-7-13(12)21(17,19)20/h1-8H,9H2,(H,16,18). The molecule has 21 heavy (non-hydrogen) atoms. The van der Waals surface area contributed by atoms with Crippen LogP contribution in [0.25, 0.3) is 0 Å². The summed E-state index contributed by atoms with van der Waals surface area (Å²) in [4.78, 5) is 12.2. The van der Waals surface area contributed by atoms with Crippen LogP contribution < -0.4 is 5.32 Å². The van der Waals surface area contributed by atoms with Gasteiger partial charge in [-0.3, -0.25) is 0 Å². The van der Waals surface area contributed by atoms with Gasteiger partial charge in [0.1, 0.15) is 4.90 Å². The van der Waals surface area contributed by atoms with Gasteiger partial charge in [-0.15, -0.1) is 0 Å². The van der Waals surface area contributed by atoms with E-state index in [9.17, 15) is 13.2 Å². The van der Waals surface area contributed by atoms with Crippen molar-refractivity contribution in [1.29, 1.82) is 0 Å². The van der Waals surface area contributed by atoms with Crippen molar-refractivity contribution in [1.82, 2.24) is 4.31 Å². The van der Waals surface area contributed by atoms with Crippen LogP contribution in [0, 0.1) is 3.57 Å². The first-order chi connectivity index (χ1) is 9.98. The zero-order valence-corrected chi connectivity index (χ0v) is 13.8. The van der Waals surface area contributed by atoms with Crippen LogP contribution in [-0.4, -0.2) is 18.8 Å². The number of rotatable bonds is 2. The van der Waals surface area contributed by atoms with Gasteiger partial charge in [-0.2, -0.15) is 0 Å². The molecule has 0 spiro atoms. The third-order valence-corrected chi connectivity index (χ3v) is 5.60. The predicted octanol–water partition coefficient (Wildman–Crippen LogP) is 3.03. The fourth-order valence-corrected chi connectivity index (χ4v) is 4.23. The number of fused-ring (bicyclic) bond motifs is 1. The Morgan fingerprint density at radius 1 is 1.10 bits per heavy atom. The highest BCUT2D eigenvalue weighted by molar-refractivity contribution is 14.1. The summed E-state index contributed by atoms with van der Waals surface area (Å²) < 4.78 is 27.0. The van der Waals surface area contributed by atoms with Gasteiger partial charge in [-0.25, -0.2) is 17.5 Å². The number of para-hydroxylation sites is 1. The number of nitrogens with one attached hydrogen (secondary N) is 1. The van der Waals surface area contributed by atoms with Crippen LogP contribution in [0.4, 0.5) is 10.5 Å². The first-order valence-corrected chi connectivity index (χ1v) is 8.67. The lowest BCUT2D eigenvalue weighted by molar-refractivity contribution is 0.233. The molecular weight excluding hydrogens is 403 g/mol. The molecule has 0 saturated heterocycles. The third kappa shape index (κ3) is 2.62. The summed E-state index contributed by atoms with van der Waals surface area (Å²) in [6.07, 6.45) is 0. The van der Waals surface area contributed by atoms with Crippen LogP contribution in [0.5, 0.6) is 0 Å². The predicted molar refractivity (Wildman–Crippen MR) is 87.3 cm³/mol. The van der Waals surface area contributed by atoms with E-state index < -0.39 is 16.1 Å². The number of carbonyl (C=O) groups is 1. The zero-order chi connectivity index (χ0) is 15.0. The van der Waals surface area contributed by atoms with Gasteiger partial charge in [0.05, 0.1) is 12.2 Å². The highest BCUT2D eigenvalue weighted by atomic mass is 127. The largest absolute Gasteiger partial charge is 0.336 e. The van der Waals surface area contributed by atoms with Crippen LogP contribution >= 0.6 is 22.6 Å². The number of amides is 2. The minimum Gasteiger partial charge on any atom is -0.306 e. The Morgan fingerprint density at radius 2 is 1.86 bits per heavy atom. The fourth-order valence-electron chi connectivity index (χ4n) is 2.16. The first-order valence-electron chi connectivity index (χ1n) is 6.16. The maximum atomic E-state index is 12.6. The van der Waals surface area contributed by atoms with Gasteiger partial charge in [-0.05, 0) is 52.4 Å². The normalized spacial score (nSPS) is 16.2. The number of hydrogen-bond donors (Lipinski definition) is 1. The molecule has 1 heterocycles. The monoisotopic (exact) mass is 414 g/mol. The fraction of sp³-hybridized carbons (Fsp3) is 0.0714. The van der Waals surface area contributed by atoms with Crippen molar-refractivity contribution in [3.63, 3.8) is 0 Å². The zero-order valence-electron chi connectivity index (χ0n) is 10.8. The quantitative estimate of drug-likeness (QED) is 0.769. The van der Waals surface area contributed by atoms with Crippen LogP contribution in [0.3, 0.4) is 0 Å². The van der Waals surface area contributed by atoms with Crippen molar-refractivity contribution in [3.8, 4) is 0 Å². The van der Waals surface area contributed by atoms with Gasteiger partial charge in [0, 0.05) is 3.57 Å². The van der Waals surface area contributed by atoms with E-state index >= 15 is 0 Å². The molecular formula is C14H11IN2O3S. The van der Waals surface area contributed by atoms with E-state index in [2.05, 4.69) is 27.9 Å². The van der Waals surface area contributed by atoms with E-state index in [0.29, 0.717) is 5.69 Å². The molecule has 0 aliphatic carbocycles. The Morgan fingerprint density at radius 3 is 2.62 bits per heavy atom. The van der Waals surface area contributed by atoms with E-state index in [0.717, 1.165) is 13.4 Å². The average molecular weight is 414 g/mol. The van der Waals surface area contributed by atoms with E-state index in [4.69, 9.17) is 0 Å². The maximum absolute atomic E-state index is 12.6. The van der Waals surface area contributed by atoms with Gasteiger partial charge < -0.3 is 5.32 Å². The summed E-state index contributed by atoms with van der Waals surface area (Å²) in [7, 11) is -3.82. The van der Waals surface area contributed by atoms with Crippen molar-refractivity contribution >= 4 is 44.3 Å². The molecule has 2 aromatic rings. The molecule has 2 amide bonds. The average Bonchev–Trinajstić information content (AvgIpc) is 2.44. The number of hydrogen-bond acceptors (Lipinski definition) is 3. The molecule has 1 aliphatic rings. The number of urea groups is 1. The molecule has 3 rings (SSSR count). The molecule has 0 saturated carbocycles.